The minimum Gasteiger partial charge on any atom is -0.496 e. The first-order valence-electron chi connectivity index (χ1n) is 11.3. The molecule has 1 aromatic heterocycles. The molecule has 8 heteroatoms. The summed E-state index contributed by atoms with van der Waals surface area (Å²) in [4.78, 5) is 17.1. The van der Waals surface area contributed by atoms with Crippen molar-refractivity contribution in [2.45, 2.75) is 11.8 Å². The molecular weight excluding hydrogens is 448 g/mol. The number of fused-ring (bicyclic) bond motifs is 1. The van der Waals surface area contributed by atoms with Crippen LogP contribution in [0.4, 0.5) is 0 Å². The van der Waals surface area contributed by atoms with Gasteiger partial charge in [-0.3, -0.25) is 9.69 Å². The molecule has 0 saturated carbocycles. The fourth-order valence-electron chi connectivity index (χ4n) is 4.24. The molecule has 7 nitrogen and oxygen atoms in total. The normalized spacial score (nSPS) is 14.4. The molecule has 0 spiro atoms. The summed E-state index contributed by atoms with van der Waals surface area (Å²) >= 11 is 1.27. The maximum Gasteiger partial charge on any atom is 0.277 e. The predicted octanol–water partition coefficient (Wildman–Crippen LogP) is 4.33. The molecule has 0 atom stereocenters. The topological polar surface area (TPSA) is 71.7 Å². The van der Waals surface area contributed by atoms with Gasteiger partial charge in [0.15, 0.2) is 0 Å². The van der Waals surface area contributed by atoms with Gasteiger partial charge in [-0.15, -0.1) is 10.2 Å². The Morgan fingerprint density at radius 1 is 0.971 bits per heavy atom. The third-order valence-electron chi connectivity index (χ3n) is 6.06. The Balaban J connectivity index is 1.13. The van der Waals surface area contributed by atoms with Crippen LogP contribution in [0.1, 0.15) is 5.56 Å². The van der Waals surface area contributed by atoms with E-state index in [1.165, 1.54) is 28.1 Å². The van der Waals surface area contributed by atoms with Crippen molar-refractivity contribution in [2.24, 2.45) is 0 Å². The second-order valence-electron chi connectivity index (χ2n) is 8.16. The first kappa shape index (κ1) is 22.4. The van der Waals surface area contributed by atoms with Crippen molar-refractivity contribution in [3.05, 3.63) is 72.3 Å². The Bertz CT molecular complexity index is 1280. The molecule has 1 amide bonds. The van der Waals surface area contributed by atoms with Gasteiger partial charge in [0.1, 0.15) is 5.75 Å². The second kappa shape index (κ2) is 10.3. The quantitative estimate of drug-likeness (QED) is 0.369. The lowest BCUT2D eigenvalue weighted by Gasteiger charge is -2.34. The SMILES string of the molecule is COc1ccccc1-c1nnc(SCC(=O)N2CCN(Cc3cccc4ccccc34)CC2)o1. The standard InChI is InChI=1S/C26H26N4O3S/c1-32-23-12-5-4-11-22(23)25-27-28-26(33-25)34-18-24(31)30-15-13-29(14-16-30)17-20-9-6-8-19-7-2-3-10-21(19)20/h2-12H,13-18H2,1H3. The van der Waals surface area contributed by atoms with Gasteiger partial charge in [-0.05, 0) is 28.5 Å². The monoisotopic (exact) mass is 474 g/mol. The van der Waals surface area contributed by atoms with E-state index < -0.39 is 0 Å². The highest BCUT2D eigenvalue weighted by atomic mass is 32.2. The van der Waals surface area contributed by atoms with Gasteiger partial charge in [-0.2, -0.15) is 0 Å². The smallest absolute Gasteiger partial charge is 0.277 e. The molecule has 1 saturated heterocycles. The number of hydrogen-bond acceptors (Lipinski definition) is 7. The fourth-order valence-corrected chi connectivity index (χ4v) is 4.91. The van der Waals surface area contributed by atoms with Crippen LogP contribution in [-0.4, -0.2) is 64.9 Å². The molecule has 0 N–H and O–H groups in total. The Morgan fingerprint density at radius 2 is 1.74 bits per heavy atom. The van der Waals surface area contributed by atoms with Gasteiger partial charge >= 0.3 is 0 Å². The van der Waals surface area contributed by atoms with Crippen LogP contribution >= 0.6 is 11.8 Å². The number of amides is 1. The maximum atomic E-state index is 12.8. The van der Waals surface area contributed by atoms with Crippen LogP contribution in [0.3, 0.4) is 0 Å². The lowest BCUT2D eigenvalue weighted by Crippen LogP contribution is -2.48. The van der Waals surface area contributed by atoms with E-state index in [1.54, 1.807) is 7.11 Å². The van der Waals surface area contributed by atoms with Gasteiger partial charge in [0.05, 0.1) is 18.4 Å². The molecule has 0 radical (unpaired) electrons. The van der Waals surface area contributed by atoms with Gasteiger partial charge in [0, 0.05) is 32.7 Å². The number of carbonyl (C=O) groups is 1. The third-order valence-corrected chi connectivity index (χ3v) is 6.87. The van der Waals surface area contributed by atoms with E-state index >= 15 is 0 Å². The highest BCUT2D eigenvalue weighted by Gasteiger charge is 2.22. The zero-order chi connectivity index (χ0) is 23.3. The lowest BCUT2D eigenvalue weighted by atomic mass is 10.0. The second-order valence-corrected chi connectivity index (χ2v) is 9.08. The molecule has 1 aliphatic rings. The van der Waals surface area contributed by atoms with Crippen LogP contribution in [0.2, 0.25) is 0 Å². The highest BCUT2D eigenvalue weighted by molar-refractivity contribution is 7.99. The number of thioether (sulfide) groups is 1. The molecule has 5 rings (SSSR count). The van der Waals surface area contributed by atoms with Gasteiger partial charge in [-0.1, -0.05) is 66.4 Å². The summed E-state index contributed by atoms with van der Waals surface area (Å²) in [7, 11) is 1.60. The fraction of sp³-hybridized carbons (Fsp3) is 0.269. The molecule has 34 heavy (non-hydrogen) atoms. The van der Waals surface area contributed by atoms with E-state index in [4.69, 9.17) is 9.15 Å². The van der Waals surface area contributed by atoms with E-state index in [2.05, 4.69) is 57.6 Å². The van der Waals surface area contributed by atoms with Crippen molar-refractivity contribution in [1.29, 1.82) is 0 Å². The number of benzene rings is 3. The molecule has 3 aromatic carbocycles. The summed E-state index contributed by atoms with van der Waals surface area (Å²) in [5.74, 6) is 1.41. The number of ether oxygens (including phenoxy) is 1. The summed E-state index contributed by atoms with van der Waals surface area (Å²) in [6.07, 6.45) is 0. The van der Waals surface area contributed by atoms with Gasteiger partial charge < -0.3 is 14.1 Å². The Morgan fingerprint density at radius 3 is 2.59 bits per heavy atom. The maximum absolute atomic E-state index is 12.8. The van der Waals surface area contributed by atoms with E-state index in [0.29, 0.717) is 16.9 Å². The van der Waals surface area contributed by atoms with Crippen LogP contribution in [-0.2, 0) is 11.3 Å². The zero-order valence-corrected chi connectivity index (χ0v) is 19.8. The molecule has 4 aromatic rings. The van der Waals surface area contributed by atoms with Crippen LogP contribution in [0, 0.1) is 0 Å². The van der Waals surface area contributed by atoms with Crippen molar-refractivity contribution < 1.29 is 13.9 Å². The summed E-state index contributed by atoms with van der Waals surface area (Å²) in [6, 6.07) is 22.4. The molecular formula is C26H26N4O3S. The van der Waals surface area contributed by atoms with Gasteiger partial charge in [-0.25, -0.2) is 0 Å². The van der Waals surface area contributed by atoms with Gasteiger partial charge in [0.25, 0.3) is 11.1 Å². The van der Waals surface area contributed by atoms with E-state index in [0.717, 1.165) is 38.3 Å². The van der Waals surface area contributed by atoms with Crippen molar-refractivity contribution in [3.63, 3.8) is 0 Å². The molecule has 174 valence electrons. The minimum absolute atomic E-state index is 0.0897. The Hall–Kier alpha value is -3.36. The van der Waals surface area contributed by atoms with Crippen molar-refractivity contribution in [1.82, 2.24) is 20.0 Å². The Kier molecular flexibility index (Phi) is 6.78. The summed E-state index contributed by atoms with van der Waals surface area (Å²) in [6.45, 7) is 4.06. The third kappa shape index (κ3) is 4.93. The molecule has 0 unspecified atom stereocenters. The molecule has 2 heterocycles. The summed E-state index contributed by atoms with van der Waals surface area (Å²) in [5, 5.41) is 11.1. The van der Waals surface area contributed by atoms with Crippen molar-refractivity contribution in [3.8, 4) is 17.2 Å². The minimum atomic E-state index is 0.0897. The molecule has 1 fully saturated rings. The average molecular weight is 475 g/mol. The first-order chi connectivity index (χ1) is 16.7. The summed E-state index contributed by atoms with van der Waals surface area (Å²) in [5.41, 5.74) is 2.06. The average Bonchev–Trinajstić information content (AvgIpc) is 3.37. The van der Waals surface area contributed by atoms with Crippen LogP contribution < -0.4 is 4.74 Å². The van der Waals surface area contributed by atoms with Crippen molar-refractivity contribution in [2.75, 3.05) is 39.0 Å². The predicted molar refractivity (Wildman–Crippen MR) is 133 cm³/mol. The number of nitrogens with zero attached hydrogens (tertiary/aromatic N) is 4. The highest BCUT2D eigenvalue weighted by Crippen LogP contribution is 2.30. The van der Waals surface area contributed by atoms with Crippen molar-refractivity contribution >= 4 is 28.4 Å². The van der Waals surface area contributed by atoms with E-state index in [9.17, 15) is 4.79 Å². The summed E-state index contributed by atoms with van der Waals surface area (Å²) < 4.78 is 11.1. The van der Waals surface area contributed by atoms with Crippen LogP contribution in [0.15, 0.2) is 76.4 Å². The number of aromatic nitrogens is 2. The van der Waals surface area contributed by atoms with Crippen LogP contribution in [0.25, 0.3) is 22.2 Å². The number of rotatable bonds is 7. The van der Waals surface area contributed by atoms with Crippen LogP contribution in [0.5, 0.6) is 5.75 Å². The Labute approximate surface area is 202 Å². The number of methoxy groups -OCH3 is 1. The van der Waals surface area contributed by atoms with E-state index in [1.807, 2.05) is 29.2 Å². The number of carbonyl (C=O) groups excluding carboxylic acids is 1. The largest absolute Gasteiger partial charge is 0.496 e. The lowest BCUT2D eigenvalue weighted by molar-refractivity contribution is -0.130. The van der Waals surface area contributed by atoms with E-state index in [-0.39, 0.29) is 11.7 Å². The number of piperazine rings is 1. The zero-order valence-electron chi connectivity index (χ0n) is 19.0. The number of para-hydroxylation sites is 1. The molecule has 1 aliphatic heterocycles. The molecule has 0 bridgehead atoms. The van der Waals surface area contributed by atoms with Gasteiger partial charge in [0.2, 0.25) is 5.91 Å². The number of hydrogen-bond donors (Lipinski definition) is 0. The first-order valence-corrected chi connectivity index (χ1v) is 12.3. The molecule has 0 aliphatic carbocycles.